The minimum Gasteiger partial charge on any atom is -0.477 e. The molecule has 1 amide bonds. The van der Waals surface area contributed by atoms with Gasteiger partial charge in [-0.3, -0.25) is 4.90 Å². The first kappa shape index (κ1) is 23.2. The molecule has 1 aromatic carbocycles. The van der Waals surface area contributed by atoms with Crippen molar-refractivity contribution in [3.05, 3.63) is 41.6 Å². The molecule has 6 heteroatoms. The summed E-state index contributed by atoms with van der Waals surface area (Å²) >= 11 is 0. The minimum absolute atomic E-state index is 0.254. The Hall–Kier alpha value is -2.08. The number of benzene rings is 1. The summed E-state index contributed by atoms with van der Waals surface area (Å²) < 4.78 is 11.4. The topological polar surface area (TPSA) is 51.1 Å². The quantitative estimate of drug-likeness (QED) is 0.640. The van der Waals surface area contributed by atoms with Gasteiger partial charge >= 0.3 is 6.09 Å². The average molecular weight is 417 g/mol. The average Bonchev–Trinajstić information content (AvgIpc) is 2.96. The summed E-state index contributed by atoms with van der Waals surface area (Å²) in [5.74, 6) is 0.593. The van der Waals surface area contributed by atoms with E-state index >= 15 is 0 Å². The lowest BCUT2D eigenvalue weighted by molar-refractivity contribution is 0.0289. The van der Waals surface area contributed by atoms with E-state index in [0.717, 1.165) is 0 Å². The molecule has 0 radical (unpaired) electrons. The zero-order valence-electron chi connectivity index (χ0n) is 19.2. The number of hydrogen-bond donors (Lipinski definition) is 0. The molecule has 0 fully saturated rings. The molecule has 0 atom stereocenters. The summed E-state index contributed by atoms with van der Waals surface area (Å²) in [6.07, 6.45) is 1.81. The summed E-state index contributed by atoms with van der Waals surface area (Å²) in [6.45, 7) is 17.7. The molecule has 0 bridgehead atoms. The van der Waals surface area contributed by atoms with Crippen molar-refractivity contribution in [2.75, 3.05) is 19.7 Å². The SMILES string of the molecule is C/C=C(/CN(CC1=NC(C)(C)CO1)C(=O)OC(C)(C)C)[Si](C)(C)c1ccccc1. The Morgan fingerprint density at radius 2 is 1.90 bits per heavy atom. The van der Waals surface area contributed by atoms with E-state index in [2.05, 4.69) is 48.4 Å². The van der Waals surface area contributed by atoms with Gasteiger partial charge in [-0.05, 0) is 41.5 Å². The fourth-order valence-corrected chi connectivity index (χ4v) is 6.02. The molecule has 1 aliphatic rings. The van der Waals surface area contributed by atoms with Gasteiger partial charge < -0.3 is 9.47 Å². The molecular weight excluding hydrogens is 380 g/mol. The maximum absolute atomic E-state index is 13.0. The third kappa shape index (κ3) is 6.46. The van der Waals surface area contributed by atoms with Gasteiger partial charge in [0.1, 0.15) is 26.8 Å². The Balaban J connectivity index is 2.28. The van der Waals surface area contributed by atoms with E-state index < -0.39 is 13.7 Å². The number of allylic oxidation sites excluding steroid dienone is 1. The summed E-state index contributed by atoms with van der Waals surface area (Å²) in [7, 11) is -1.93. The molecule has 0 unspecified atom stereocenters. The molecule has 0 aliphatic carbocycles. The summed E-state index contributed by atoms with van der Waals surface area (Å²) in [4.78, 5) is 19.4. The third-order valence-electron chi connectivity index (χ3n) is 5.01. The second kappa shape index (κ2) is 8.74. The van der Waals surface area contributed by atoms with Crippen LogP contribution in [0.5, 0.6) is 0 Å². The van der Waals surface area contributed by atoms with E-state index in [4.69, 9.17) is 9.47 Å². The first-order valence-corrected chi connectivity index (χ1v) is 13.2. The molecule has 0 aromatic heterocycles. The first-order chi connectivity index (χ1) is 13.3. The lowest BCUT2D eigenvalue weighted by Gasteiger charge is -2.32. The van der Waals surface area contributed by atoms with Crippen molar-refractivity contribution < 1.29 is 14.3 Å². The number of ether oxygens (including phenoxy) is 2. The van der Waals surface area contributed by atoms with Gasteiger partial charge in [0, 0.05) is 6.54 Å². The van der Waals surface area contributed by atoms with Crippen LogP contribution >= 0.6 is 0 Å². The van der Waals surface area contributed by atoms with Gasteiger partial charge in [-0.2, -0.15) is 0 Å². The maximum atomic E-state index is 13.0. The maximum Gasteiger partial charge on any atom is 0.411 e. The molecule has 29 heavy (non-hydrogen) atoms. The highest BCUT2D eigenvalue weighted by Gasteiger charge is 2.34. The van der Waals surface area contributed by atoms with Crippen molar-refractivity contribution >= 4 is 25.3 Å². The molecule has 0 saturated carbocycles. The molecule has 1 heterocycles. The number of nitrogens with zero attached hydrogens (tertiary/aromatic N) is 2. The Morgan fingerprint density at radius 3 is 2.38 bits per heavy atom. The van der Waals surface area contributed by atoms with Gasteiger partial charge in [0.15, 0.2) is 0 Å². The molecule has 5 nitrogen and oxygen atoms in total. The third-order valence-corrected chi connectivity index (χ3v) is 8.83. The predicted molar refractivity (Wildman–Crippen MR) is 123 cm³/mol. The second-order valence-corrected chi connectivity index (χ2v) is 14.2. The fourth-order valence-electron chi connectivity index (χ4n) is 3.31. The molecule has 2 rings (SSSR count). The van der Waals surface area contributed by atoms with Crippen LogP contribution in [0.4, 0.5) is 4.79 Å². The summed E-state index contributed by atoms with van der Waals surface area (Å²) in [5, 5.41) is 2.61. The Bertz CT molecular complexity index is 777. The largest absolute Gasteiger partial charge is 0.477 e. The smallest absolute Gasteiger partial charge is 0.411 e. The van der Waals surface area contributed by atoms with Crippen LogP contribution < -0.4 is 5.19 Å². The van der Waals surface area contributed by atoms with Crippen LogP contribution in [0.3, 0.4) is 0 Å². The number of amides is 1. The molecular formula is C23H36N2O3Si. The van der Waals surface area contributed by atoms with Crippen molar-refractivity contribution in [2.45, 2.75) is 65.8 Å². The summed E-state index contributed by atoms with van der Waals surface area (Å²) in [6, 6.07) is 10.5. The highest BCUT2D eigenvalue weighted by Crippen LogP contribution is 2.21. The van der Waals surface area contributed by atoms with E-state index in [0.29, 0.717) is 25.6 Å². The van der Waals surface area contributed by atoms with E-state index in [-0.39, 0.29) is 11.6 Å². The van der Waals surface area contributed by atoms with Gasteiger partial charge in [0.2, 0.25) is 5.90 Å². The monoisotopic (exact) mass is 416 g/mol. The number of rotatable bonds is 6. The zero-order valence-corrected chi connectivity index (χ0v) is 20.2. The number of carbonyl (C=O) groups excluding carboxylic acids is 1. The Labute approximate surface area is 176 Å². The number of carbonyl (C=O) groups is 1. The van der Waals surface area contributed by atoms with Gasteiger partial charge in [-0.25, -0.2) is 9.79 Å². The van der Waals surface area contributed by atoms with Crippen molar-refractivity contribution in [3.8, 4) is 0 Å². The normalized spacial score (nSPS) is 16.8. The highest BCUT2D eigenvalue weighted by atomic mass is 28.3. The van der Waals surface area contributed by atoms with Crippen molar-refractivity contribution in [3.63, 3.8) is 0 Å². The molecule has 1 aromatic rings. The van der Waals surface area contributed by atoms with E-state index in [1.165, 1.54) is 10.4 Å². The lowest BCUT2D eigenvalue weighted by Crippen LogP contribution is -2.49. The highest BCUT2D eigenvalue weighted by molar-refractivity contribution is 6.95. The van der Waals surface area contributed by atoms with Gasteiger partial charge in [-0.1, -0.05) is 59.9 Å². The van der Waals surface area contributed by atoms with E-state index in [9.17, 15) is 4.79 Å². The second-order valence-electron chi connectivity index (χ2n) is 9.75. The molecule has 0 spiro atoms. The van der Waals surface area contributed by atoms with Crippen molar-refractivity contribution in [1.29, 1.82) is 0 Å². The molecule has 1 aliphatic heterocycles. The van der Waals surface area contributed by atoms with Gasteiger partial charge in [-0.15, -0.1) is 0 Å². The van der Waals surface area contributed by atoms with E-state index in [1.54, 1.807) is 4.90 Å². The van der Waals surface area contributed by atoms with Crippen molar-refractivity contribution in [1.82, 2.24) is 4.90 Å². The Morgan fingerprint density at radius 1 is 1.28 bits per heavy atom. The molecule has 0 saturated heterocycles. The van der Waals surface area contributed by atoms with Crippen LogP contribution in [-0.4, -0.2) is 55.8 Å². The van der Waals surface area contributed by atoms with Crippen LogP contribution in [0.15, 0.2) is 46.6 Å². The van der Waals surface area contributed by atoms with Crippen LogP contribution in [-0.2, 0) is 9.47 Å². The van der Waals surface area contributed by atoms with Crippen LogP contribution in [0.1, 0.15) is 41.5 Å². The predicted octanol–water partition coefficient (Wildman–Crippen LogP) is 4.53. The van der Waals surface area contributed by atoms with Crippen molar-refractivity contribution in [2.24, 2.45) is 4.99 Å². The standard InChI is InChI=1S/C23H36N2O3Si/c1-9-18(29(7,8)19-13-11-10-12-14-19)15-25(21(26)28-22(2,3)4)16-20-24-23(5,6)17-27-20/h9-14H,15-17H2,1-8H3/b18-9-. The van der Waals surface area contributed by atoms with Gasteiger partial charge in [0.05, 0.1) is 5.54 Å². The number of hydrogen-bond acceptors (Lipinski definition) is 4. The fraction of sp³-hybridized carbons (Fsp3) is 0.565. The number of aliphatic imine (C=N–C) groups is 1. The minimum atomic E-state index is -1.93. The Kier molecular flexibility index (Phi) is 6.99. The van der Waals surface area contributed by atoms with Crippen LogP contribution in [0.2, 0.25) is 13.1 Å². The van der Waals surface area contributed by atoms with E-state index in [1.807, 2.05) is 47.6 Å². The lowest BCUT2D eigenvalue weighted by atomic mass is 10.1. The molecule has 160 valence electrons. The van der Waals surface area contributed by atoms with Crippen LogP contribution in [0, 0.1) is 0 Å². The zero-order chi connectivity index (χ0) is 21.9. The van der Waals surface area contributed by atoms with Gasteiger partial charge in [0.25, 0.3) is 0 Å². The van der Waals surface area contributed by atoms with Crippen LogP contribution in [0.25, 0.3) is 0 Å². The summed E-state index contributed by atoms with van der Waals surface area (Å²) in [5.41, 5.74) is -0.814. The first-order valence-electron chi connectivity index (χ1n) is 10.2. The molecule has 0 N–H and O–H groups in total.